The number of hydrogen-bond acceptors (Lipinski definition) is 8. The molecule has 0 amide bonds. The fraction of sp³-hybridized carbons (Fsp3) is 0.700. The van der Waals surface area contributed by atoms with Crippen molar-refractivity contribution in [3.05, 3.63) is 18.2 Å². The summed E-state index contributed by atoms with van der Waals surface area (Å²) < 4.78 is 21.7. The minimum atomic E-state index is -0.568. The normalized spacial score (nSPS) is 19.8. The minimum absolute atomic E-state index is 0.132. The predicted molar refractivity (Wildman–Crippen MR) is 104 cm³/mol. The van der Waals surface area contributed by atoms with Gasteiger partial charge in [0.05, 0.1) is 18.8 Å². The quantitative estimate of drug-likeness (QED) is 0.594. The zero-order valence-corrected chi connectivity index (χ0v) is 16.7. The Morgan fingerprint density at radius 3 is 2.18 bits per heavy atom. The first-order valence-corrected chi connectivity index (χ1v) is 9.94. The second kappa shape index (κ2) is 10.3. The molecule has 3 rings (SSSR count). The average molecular weight is 396 g/mol. The van der Waals surface area contributed by atoms with Gasteiger partial charge in [-0.3, -0.25) is 9.80 Å². The van der Waals surface area contributed by atoms with E-state index >= 15 is 0 Å². The highest BCUT2D eigenvalue weighted by Crippen LogP contribution is 2.35. The molecule has 0 spiro atoms. The van der Waals surface area contributed by atoms with Crippen molar-refractivity contribution in [1.82, 2.24) is 9.80 Å². The van der Waals surface area contributed by atoms with E-state index in [9.17, 15) is 10.2 Å². The fourth-order valence-electron chi connectivity index (χ4n) is 3.32. The Labute approximate surface area is 166 Å². The summed E-state index contributed by atoms with van der Waals surface area (Å²) in [5.74, 6) is 2.04. The highest BCUT2D eigenvalue weighted by Gasteiger charge is 2.21. The summed E-state index contributed by atoms with van der Waals surface area (Å²) >= 11 is 0. The zero-order chi connectivity index (χ0) is 19.9. The summed E-state index contributed by atoms with van der Waals surface area (Å²) in [6.07, 6.45) is -0.899. The number of nitrogens with zero attached hydrogens (tertiary/aromatic N) is 2. The van der Waals surface area contributed by atoms with Crippen LogP contribution >= 0.6 is 0 Å². The van der Waals surface area contributed by atoms with Gasteiger partial charge in [-0.1, -0.05) is 0 Å². The van der Waals surface area contributed by atoms with Crippen molar-refractivity contribution in [1.29, 1.82) is 0 Å². The molecule has 2 heterocycles. The van der Waals surface area contributed by atoms with Crippen LogP contribution in [-0.4, -0.2) is 97.6 Å². The van der Waals surface area contributed by atoms with Gasteiger partial charge in [-0.15, -0.1) is 0 Å². The Morgan fingerprint density at radius 1 is 0.929 bits per heavy atom. The molecule has 2 aliphatic heterocycles. The van der Waals surface area contributed by atoms with Crippen LogP contribution in [0.5, 0.6) is 17.2 Å². The van der Waals surface area contributed by atoms with Crippen molar-refractivity contribution in [2.45, 2.75) is 32.2 Å². The van der Waals surface area contributed by atoms with Gasteiger partial charge in [-0.05, 0) is 26.0 Å². The maximum Gasteiger partial charge on any atom is 0.231 e. The van der Waals surface area contributed by atoms with Crippen LogP contribution in [0.2, 0.25) is 0 Å². The van der Waals surface area contributed by atoms with Crippen LogP contribution in [0.3, 0.4) is 0 Å². The second-order valence-corrected chi connectivity index (χ2v) is 7.62. The lowest BCUT2D eigenvalue weighted by molar-refractivity contribution is -0.0176. The van der Waals surface area contributed by atoms with Crippen LogP contribution in [-0.2, 0) is 4.74 Å². The number of rotatable bonds is 10. The maximum absolute atomic E-state index is 10.3. The van der Waals surface area contributed by atoms with Crippen molar-refractivity contribution >= 4 is 0 Å². The molecule has 1 aromatic rings. The Balaban J connectivity index is 1.32. The predicted octanol–water partition coefficient (Wildman–Crippen LogP) is 0.559. The van der Waals surface area contributed by atoms with Gasteiger partial charge < -0.3 is 29.2 Å². The summed E-state index contributed by atoms with van der Waals surface area (Å²) in [6.45, 7) is 9.41. The number of ether oxygens (including phenoxy) is 4. The van der Waals surface area contributed by atoms with Crippen LogP contribution in [0.4, 0.5) is 0 Å². The molecular formula is C20H32N2O6. The molecule has 158 valence electrons. The van der Waals surface area contributed by atoms with Gasteiger partial charge in [0.2, 0.25) is 6.79 Å². The Kier molecular flexibility index (Phi) is 7.75. The van der Waals surface area contributed by atoms with Gasteiger partial charge in [0.15, 0.2) is 11.5 Å². The van der Waals surface area contributed by atoms with Gasteiger partial charge in [0.1, 0.15) is 18.5 Å². The van der Waals surface area contributed by atoms with Gasteiger partial charge in [-0.2, -0.15) is 0 Å². The number of fused-ring (bicyclic) bond motifs is 1. The van der Waals surface area contributed by atoms with Gasteiger partial charge in [-0.25, -0.2) is 0 Å². The van der Waals surface area contributed by atoms with E-state index in [0.717, 1.165) is 26.2 Å². The zero-order valence-electron chi connectivity index (χ0n) is 16.7. The third-order valence-electron chi connectivity index (χ3n) is 4.81. The molecule has 0 bridgehead atoms. The smallest absolute Gasteiger partial charge is 0.231 e. The molecule has 1 aromatic carbocycles. The van der Waals surface area contributed by atoms with E-state index < -0.39 is 12.2 Å². The van der Waals surface area contributed by atoms with Crippen molar-refractivity contribution in [3.63, 3.8) is 0 Å². The van der Waals surface area contributed by atoms with Crippen LogP contribution < -0.4 is 14.2 Å². The van der Waals surface area contributed by atoms with E-state index in [1.807, 2.05) is 26.0 Å². The van der Waals surface area contributed by atoms with Crippen molar-refractivity contribution in [3.8, 4) is 17.2 Å². The van der Waals surface area contributed by atoms with E-state index in [1.54, 1.807) is 6.07 Å². The van der Waals surface area contributed by atoms with E-state index in [4.69, 9.17) is 18.9 Å². The van der Waals surface area contributed by atoms with Crippen LogP contribution in [0.1, 0.15) is 13.8 Å². The molecule has 1 saturated heterocycles. The van der Waals surface area contributed by atoms with Crippen LogP contribution in [0.25, 0.3) is 0 Å². The number of β-amino-alcohol motifs (C(OH)–C–C–N with tert-alkyl or cyclic N) is 2. The number of piperazine rings is 1. The topological polar surface area (TPSA) is 83.9 Å². The number of benzene rings is 1. The largest absolute Gasteiger partial charge is 0.491 e. The molecule has 8 heteroatoms. The summed E-state index contributed by atoms with van der Waals surface area (Å²) in [5, 5.41) is 20.3. The molecule has 2 atom stereocenters. The highest BCUT2D eigenvalue weighted by molar-refractivity contribution is 5.46. The number of aliphatic hydroxyl groups excluding tert-OH is 2. The third-order valence-corrected chi connectivity index (χ3v) is 4.81. The molecule has 28 heavy (non-hydrogen) atoms. The van der Waals surface area contributed by atoms with Crippen molar-refractivity contribution in [2.75, 3.05) is 59.3 Å². The van der Waals surface area contributed by atoms with E-state index in [1.165, 1.54) is 0 Å². The first-order chi connectivity index (χ1) is 13.5. The SMILES string of the molecule is CC(C)OC[C@H](O)CN1CCN(C[C@@H](O)COc2ccc3c(c2)OCO3)CC1. The molecule has 0 aromatic heterocycles. The molecule has 2 aliphatic rings. The first-order valence-electron chi connectivity index (χ1n) is 9.94. The van der Waals surface area contributed by atoms with Crippen molar-refractivity contribution < 1.29 is 29.2 Å². The van der Waals surface area contributed by atoms with E-state index in [0.29, 0.717) is 36.9 Å². The second-order valence-electron chi connectivity index (χ2n) is 7.62. The summed E-state index contributed by atoms with van der Waals surface area (Å²) in [4.78, 5) is 4.46. The third kappa shape index (κ3) is 6.49. The van der Waals surface area contributed by atoms with E-state index in [2.05, 4.69) is 9.80 Å². The molecular weight excluding hydrogens is 364 g/mol. The molecule has 1 fully saturated rings. The average Bonchev–Trinajstić information content (AvgIpc) is 3.14. The van der Waals surface area contributed by atoms with Crippen LogP contribution in [0, 0.1) is 0 Å². The summed E-state index contributed by atoms with van der Waals surface area (Å²) in [7, 11) is 0. The van der Waals surface area contributed by atoms with Gasteiger partial charge >= 0.3 is 0 Å². The molecule has 8 nitrogen and oxygen atoms in total. The lowest BCUT2D eigenvalue weighted by Gasteiger charge is -2.36. The molecule has 0 aliphatic carbocycles. The Bertz CT molecular complexity index is 606. The standard InChI is InChI=1S/C20H32N2O6/c1-15(2)25-12-16(23)10-21-5-7-22(8-6-21)11-17(24)13-26-18-3-4-19-20(9-18)28-14-27-19/h3-4,9,15-17,23-24H,5-8,10-14H2,1-2H3/t16-,17-/m1/s1. The maximum atomic E-state index is 10.3. The monoisotopic (exact) mass is 396 g/mol. The Hall–Kier alpha value is -1.58. The first kappa shape index (κ1) is 21.1. The molecule has 0 radical (unpaired) electrons. The summed E-state index contributed by atoms with van der Waals surface area (Å²) in [6, 6.07) is 5.40. The lowest BCUT2D eigenvalue weighted by atomic mass is 10.2. The Morgan fingerprint density at radius 2 is 1.54 bits per heavy atom. The minimum Gasteiger partial charge on any atom is -0.491 e. The summed E-state index contributed by atoms with van der Waals surface area (Å²) in [5.41, 5.74) is 0. The fourth-order valence-corrected chi connectivity index (χ4v) is 3.32. The highest BCUT2D eigenvalue weighted by atomic mass is 16.7. The number of hydrogen-bond donors (Lipinski definition) is 2. The van der Waals surface area contributed by atoms with Crippen molar-refractivity contribution in [2.24, 2.45) is 0 Å². The molecule has 0 saturated carbocycles. The van der Waals surface area contributed by atoms with E-state index in [-0.39, 0.29) is 19.5 Å². The molecule has 0 unspecified atom stereocenters. The van der Waals surface area contributed by atoms with Gasteiger partial charge in [0.25, 0.3) is 0 Å². The number of aliphatic hydroxyl groups is 2. The van der Waals surface area contributed by atoms with Crippen LogP contribution in [0.15, 0.2) is 18.2 Å². The lowest BCUT2D eigenvalue weighted by Crippen LogP contribution is -2.51. The molecule has 2 N–H and O–H groups in total. The van der Waals surface area contributed by atoms with Gasteiger partial charge in [0, 0.05) is 45.3 Å².